The number of hydrogen-bond donors (Lipinski definition) is 2. The first-order valence-corrected chi connectivity index (χ1v) is 6.73. The Kier molecular flexibility index (Phi) is 7.84. The third-order valence-electron chi connectivity index (χ3n) is 2.74. The fourth-order valence-electron chi connectivity index (χ4n) is 1.69. The van der Waals surface area contributed by atoms with E-state index in [0.29, 0.717) is 26.1 Å². The quantitative estimate of drug-likeness (QED) is 0.608. The van der Waals surface area contributed by atoms with E-state index in [1.165, 1.54) is 0 Å². The molecule has 0 unspecified atom stereocenters. The second kappa shape index (κ2) is 9.52. The summed E-state index contributed by atoms with van der Waals surface area (Å²) >= 11 is 0. The van der Waals surface area contributed by atoms with E-state index in [0.717, 1.165) is 25.2 Å². The van der Waals surface area contributed by atoms with Crippen molar-refractivity contribution in [2.45, 2.75) is 32.9 Å². The molecule has 1 heterocycles. The van der Waals surface area contributed by atoms with Crippen LogP contribution in [0.4, 0.5) is 0 Å². The molecule has 0 aliphatic heterocycles. The normalized spacial score (nSPS) is 10.6. The van der Waals surface area contributed by atoms with E-state index in [2.05, 4.69) is 22.5 Å². The summed E-state index contributed by atoms with van der Waals surface area (Å²) in [5.41, 5.74) is 1.11. The summed E-state index contributed by atoms with van der Waals surface area (Å²) in [7, 11) is 1.62. The maximum Gasteiger partial charge on any atom is 0.221 e. The van der Waals surface area contributed by atoms with Gasteiger partial charge in [0.05, 0.1) is 18.6 Å². The molecule has 1 aromatic heterocycles. The van der Waals surface area contributed by atoms with Crippen molar-refractivity contribution in [3.8, 4) is 0 Å². The molecule has 0 fully saturated rings. The summed E-state index contributed by atoms with van der Waals surface area (Å²) in [6.45, 7) is 5.67. The van der Waals surface area contributed by atoms with Crippen LogP contribution < -0.4 is 10.6 Å². The Labute approximate surface area is 114 Å². The maximum absolute atomic E-state index is 11.6. The highest BCUT2D eigenvalue weighted by Crippen LogP contribution is 2.00. The van der Waals surface area contributed by atoms with Gasteiger partial charge in [-0.05, 0) is 13.0 Å². The number of methoxy groups -OCH3 is 1. The second-order valence-electron chi connectivity index (χ2n) is 4.35. The van der Waals surface area contributed by atoms with Gasteiger partial charge in [-0.2, -0.15) is 0 Å². The number of ether oxygens (including phenoxy) is 1. The van der Waals surface area contributed by atoms with Crippen LogP contribution in [0.2, 0.25) is 0 Å². The number of amides is 1. The van der Waals surface area contributed by atoms with E-state index in [1.54, 1.807) is 13.4 Å². The van der Waals surface area contributed by atoms with Crippen molar-refractivity contribution in [1.82, 2.24) is 20.2 Å². The van der Waals surface area contributed by atoms with E-state index in [4.69, 9.17) is 4.74 Å². The van der Waals surface area contributed by atoms with Gasteiger partial charge in [0.25, 0.3) is 0 Å². The molecule has 0 radical (unpaired) electrons. The van der Waals surface area contributed by atoms with Crippen molar-refractivity contribution in [1.29, 1.82) is 0 Å². The largest absolute Gasteiger partial charge is 0.383 e. The highest BCUT2D eigenvalue weighted by molar-refractivity contribution is 5.75. The fraction of sp³-hybridized carbons (Fsp3) is 0.692. The molecule has 6 nitrogen and oxygen atoms in total. The average molecular weight is 268 g/mol. The first-order chi connectivity index (χ1) is 9.27. The van der Waals surface area contributed by atoms with Gasteiger partial charge < -0.3 is 19.9 Å². The van der Waals surface area contributed by atoms with Gasteiger partial charge >= 0.3 is 0 Å². The van der Waals surface area contributed by atoms with Gasteiger partial charge in [-0.1, -0.05) is 6.92 Å². The SMILES string of the molecule is CCCNCc1cncn1CCC(=O)NCCOC. The van der Waals surface area contributed by atoms with E-state index in [-0.39, 0.29) is 5.91 Å². The molecule has 19 heavy (non-hydrogen) atoms. The first kappa shape index (κ1) is 15.7. The number of aryl methyl sites for hydroxylation is 1. The lowest BCUT2D eigenvalue weighted by atomic mass is 10.3. The van der Waals surface area contributed by atoms with Crippen molar-refractivity contribution in [2.75, 3.05) is 26.8 Å². The van der Waals surface area contributed by atoms with E-state index in [9.17, 15) is 4.79 Å². The Balaban J connectivity index is 2.28. The van der Waals surface area contributed by atoms with Crippen molar-refractivity contribution >= 4 is 5.91 Å². The molecule has 1 amide bonds. The van der Waals surface area contributed by atoms with Gasteiger partial charge in [0.15, 0.2) is 0 Å². The Morgan fingerprint density at radius 1 is 1.47 bits per heavy atom. The summed E-state index contributed by atoms with van der Waals surface area (Å²) in [5.74, 6) is 0.0400. The molecule has 1 aromatic rings. The molecule has 0 aromatic carbocycles. The van der Waals surface area contributed by atoms with Crippen LogP contribution in [0.25, 0.3) is 0 Å². The van der Waals surface area contributed by atoms with Gasteiger partial charge in [-0.3, -0.25) is 4.79 Å². The number of carbonyl (C=O) groups excluding carboxylic acids is 1. The number of nitrogens with zero attached hydrogens (tertiary/aromatic N) is 2. The molecule has 0 atom stereocenters. The molecule has 0 saturated heterocycles. The summed E-state index contributed by atoms with van der Waals surface area (Å²) in [4.78, 5) is 15.7. The third-order valence-corrected chi connectivity index (χ3v) is 2.74. The molecule has 108 valence electrons. The minimum atomic E-state index is 0.0400. The standard InChI is InChI=1S/C13H24N4O2/c1-3-5-14-9-12-10-15-11-17(12)7-4-13(18)16-6-8-19-2/h10-11,14H,3-9H2,1-2H3,(H,16,18). The third kappa shape index (κ3) is 6.35. The van der Waals surface area contributed by atoms with Crippen LogP contribution in [-0.4, -0.2) is 42.3 Å². The smallest absolute Gasteiger partial charge is 0.221 e. The lowest BCUT2D eigenvalue weighted by Gasteiger charge is -2.09. The van der Waals surface area contributed by atoms with Crippen LogP contribution in [0.1, 0.15) is 25.5 Å². The number of rotatable bonds is 10. The average Bonchev–Trinajstić information content (AvgIpc) is 2.85. The lowest BCUT2D eigenvalue weighted by Crippen LogP contribution is -2.28. The van der Waals surface area contributed by atoms with E-state index >= 15 is 0 Å². The molecule has 0 aliphatic carbocycles. The van der Waals surface area contributed by atoms with Crippen LogP contribution in [-0.2, 0) is 22.6 Å². The molecule has 6 heteroatoms. The first-order valence-electron chi connectivity index (χ1n) is 6.73. The van der Waals surface area contributed by atoms with Gasteiger partial charge in [-0.15, -0.1) is 0 Å². The van der Waals surface area contributed by atoms with Gasteiger partial charge in [0, 0.05) is 39.4 Å². The number of imidazole rings is 1. The molecule has 2 N–H and O–H groups in total. The second-order valence-corrected chi connectivity index (χ2v) is 4.35. The Hall–Kier alpha value is -1.40. The van der Waals surface area contributed by atoms with Crippen LogP contribution >= 0.6 is 0 Å². The molecule has 1 rings (SSSR count). The summed E-state index contributed by atoms with van der Waals surface area (Å²) in [6.07, 6.45) is 5.17. The topological polar surface area (TPSA) is 68.2 Å². The van der Waals surface area contributed by atoms with Crippen LogP contribution in [0.15, 0.2) is 12.5 Å². The lowest BCUT2D eigenvalue weighted by molar-refractivity contribution is -0.121. The van der Waals surface area contributed by atoms with Crippen LogP contribution in [0.5, 0.6) is 0 Å². The molecule has 0 spiro atoms. The van der Waals surface area contributed by atoms with Crippen molar-refractivity contribution in [3.05, 3.63) is 18.2 Å². The van der Waals surface area contributed by atoms with Gasteiger partial charge in [-0.25, -0.2) is 4.98 Å². The molecule has 0 saturated carbocycles. The number of carbonyl (C=O) groups is 1. The van der Waals surface area contributed by atoms with Crippen molar-refractivity contribution in [3.63, 3.8) is 0 Å². The number of hydrogen-bond acceptors (Lipinski definition) is 4. The molecule has 0 bridgehead atoms. The number of aromatic nitrogens is 2. The zero-order valence-electron chi connectivity index (χ0n) is 11.8. The highest BCUT2D eigenvalue weighted by Gasteiger charge is 2.05. The van der Waals surface area contributed by atoms with Gasteiger partial charge in [0.1, 0.15) is 0 Å². The fourth-order valence-corrected chi connectivity index (χ4v) is 1.69. The molecular weight excluding hydrogens is 244 g/mol. The Bertz CT molecular complexity index is 365. The highest BCUT2D eigenvalue weighted by atomic mass is 16.5. The van der Waals surface area contributed by atoms with E-state index < -0.39 is 0 Å². The Morgan fingerprint density at radius 2 is 2.32 bits per heavy atom. The molecular formula is C13H24N4O2. The minimum Gasteiger partial charge on any atom is -0.383 e. The summed E-state index contributed by atoms with van der Waals surface area (Å²) in [6, 6.07) is 0. The van der Waals surface area contributed by atoms with Gasteiger partial charge in [0.2, 0.25) is 5.91 Å². The van der Waals surface area contributed by atoms with Crippen LogP contribution in [0.3, 0.4) is 0 Å². The van der Waals surface area contributed by atoms with E-state index in [1.807, 2.05) is 10.8 Å². The number of nitrogens with one attached hydrogen (secondary N) is 2. The van der Waals surface area contributed by atoms with Crippen LogP contribution in [0, 0.1) is 0 Å². The predicted octanol–water partition coefficient (Wildman–Crippen LogP) is 0.535. The maximum atomic E-state index is 11.6. The minimum absolute atomic E-state index is 0.0400. The van der Waals surface area contributed by atoms with Crippen molar-refractivity contribution in [2.24, 2.45) is 0 Å². The molecule has 0 aliphatic rings. The summed E-state index contributed by atoms with van der Waals surface area (Å²) in [5, 5.41) is 6.13. The van der Waals surface area contributed by atoms with Crippen molar-refractivity contribution < 1.29 is 9.53 Å². The zero-order chi connectivity index (χ0) is 13.9. The zero-order valence-corrected chi connectivity index (χ0v) is 11.8. The monoisotopic (exact) mass is 268 g/mol. The summed E-state index contributed by atoms with van der Waals surface area (Å²) < 4.78 is 6.89. The predicted molar refractivity (Wildman–Crippen MR) is 73.7 cm³/mol. The Morgan fingerprint density at radius 3 is 3.05 bits per heavy atom.